The van der Waals surface area contributed by atoms with E-state index in [-0.39, 0.29) is 12.4 Å². The van der Waals surface area contributed by atoms with Crippen molar-refractivity contribution >= 4 is 23.5 Å². The van der Waals surface area contributed by atoms with Crippen LogP contribution in [0.15, 0.2) is 0 Å². The van der Waals surface area contributed by atoms with E-state index in [9.17, 15) is 9.59 Å². The van der Waals surface area contributed by atoms with Crippen LogP contribution in [0, 0.1) is 0 Å². The number of aromatic carboxylic acids is 2. The van der Waals surface area contributed by atoms with Crippen LogP contribution < -0.4 is 0 Å². The molecule has 0 saturated carbocycles. The molecule has 0 unspecified atom stereocenters. The fourth-order valence-corrected chi connectivity index (χ4v) is 1.07. The van der Waals surface area contributed by atoms with Gasteiger partial charge in [0.1, 0.15) is 0 Å². The van der Waals surface area contributed by atoms with Crippen LogP contribution in [-0.4, -0.2) is 43.0 Å². The molecule has 14 heavy (non-hydrogen) atoms. The average molecular weight is 220 g/mol. The molecule has 0 atom stereocenters. The Morgan fingerprint density at radius 3 is 2.43 bits per heavy atom. The Bertz CT molecular complexity index is 375. The highest BCUT2D eigenvalue weighted by Crippen LogP contribution is 2.05. The summed E-state index contributed by atoms with van der Waals surface area (Å²) in [5, 5.41) is 23.9. The van der Waals surface area contributed by atoms with Gasteiger partial charge in [-0.15, -0.1) is 16.7 Å². The first-order chi connectivity index (χ1) is 6.57. The van der Waals surface area contributed by atoms with Crippen molar-refractivity contribution in [1.82, 2.24) is 15.0 Å². The number of carboxylic acid groups (broad SMARTS) is 2. The quantitative estimate of drug-likeness (QED) is 0.686. The molecular weight excluding hydrogens is 214 g/mol. The molecule has 76 valence electrons. The molecular formula is C6H6ClN3O4. The summed E-state index contributed by atoms with van der Waals surface area (Å²) >= 11 is 5.37. The molecule has 2 N–H and O–H groups in total. The third-order valence-electron chi connectivity index (χ3n) is 1.44. The Hall–Kier alpha value is -1.63. The minimum atomic E-state index is -1.43. The summed E-state index contributed by atoms with van der Waals surface area (Å²) in [4.78, 5) is 21.2. The zero-order chi connectivity index (χ0) is 10.7. The number of carboxylic acids is 2. The Morgan fingerprint density at radius 1 is 1.36 bits per heavy atom. The SMILES string of the molecule is O=C(O)c1nnn(CCCl)c1C(=O)O. The van der Waals surface area contributed by atoms with Gasteiger partial charge in [0.25, 0.3) is 0 Å². The number of carbonyl (C=O) groups is 2. The highest BCUT2D eigenvalue weighted by Gasteiger charge is 2.24. The molecule has 0 amide bonds. The number of rotatable bonds is 4. The number of aromatic nitrogens is 3. The molecule has 0 radical (unpaired) electrons. The van der Waals surface area contributed by atoms with E-state index in [0.717, 1.165) is 4.68 Å². The largest absolute Gasteiger partial charge is 0.476 e. The van der Waals surface area contributed by atoms with Crippen molar-refractivity contribution in [3.8, 4) is 0 Å². The summed E-state index contributed by atoms with van der Waals surface area (Å²) in [6.07, 6.45) is 0. The molecule has 0 aromatic carbocycles. The molecule has 1 rings (SSSR count). The fraction of sp³-hybridized carbons (Fsp3) is 0.333. The van der Waals surface area contributed by atoms with Gasteiger partial charge in [-0.2, -0.15) is 0 Å². The third kappa shape index (κ3) is 1.82. The van der Waals surface area contributed by atoms with Gasteiger partial charge in [-0.1, -0.05) is 5.21 Å². The molecule has 8 heteroatoms. The summed E-state index contributed by atoms with van der Waals surface area (Å²) in [5.41, 5.74) is -1.04. The van der Waals surface area contributed by atoms with Gasteiger partial charge in [-0.3, -0.25) is 0 Å². The van der Waals surface area contributed by atoms with E-state index >= 15 is 0 Å². The van der Waals surface area contributed by atoms with Gasteiger partial charge in [0.2, 0.25) is 5.69 Å². The summed E-state index contributed by atoms with van der Waals surface area (Å²) in [5.74, 6) is -2.69. The first-order valence-corrected chi connectivity index (χ1v) is 4.07. The number of halogens is 1. The number of hydrogen-bond acceptors (Lipinski definition) is 4. The molecule has 0 saturated heterocycles. The smallest absolute Gasteiger partial charge is 0.359 e. The van der Waals surface area contributed by atoms with E-state index in [1.165, 1.54) is 0 Å². The van der Waals surface area contributed by atoms with Crippen LogP contribution in [0.25, 0.3) is 0 Å². The Kier molecular flexibility index (Phi) is 3.03. The lowest BCUT2D eigenvalue weighted by atomic mass is 10.3. The Balaban J connectivity index is 3.20. The van der Waals surface area contributed by atoms with Crippen molar-refractivity contribution in [2.75, 3.05) is 5.88 Å². The van der Waals surface area contributed by atoms with Crippen molar-refractivity contribution in [3.63, 3.8) is 0 Å². The van der Waals surface area contributed by atoms with Gasteiger partial charge in [-0.05, 0) is 0 Å². The summed E-state index contributed by atoms with van der Waals surface area (Å²) in [6.45, 7) is 0.101. The minimum Gasteiger partial charge on any atom is -0.476 e. The monoisotopic (exact) mass is 219 g/mol. The van der Waals surface area contributed by atoms with Gasteiger partial charge in [0, 0.05) is 5.88 Å². The van der Waals surface area contributed by atoms with Gasteiger partial charge < -0.3 is 10.2 Å². The highest BCUT2D eigenvalue weighted by molar-refractivity contribution is 6.17. The lowest BCUT2D eigenvalue weighted by Crippen LogP contribution is -2.14. The van der Waals surface area contributed by atoms with Crippen LogP contribution in [0.5, 0.6) is 0 Å². The maximum atomic E-state index is 10.7. The van der Waals surface area contributed by atoms with E-state index in [0.29, 0.717) is 0 Å². The standard InChI is InChI=1S/C6H6ClN3O4/c7-1-2-10-4(6(13)14)3(5(11)12)8-9-10/h1-2H2,(H,11,12)(H,13,14). The lowest BCUT2D eigenvalue weighted by Gasteiger charge is -1.98. The Morgan fingerprint density at radius 2 is 2.00 bits per heavy atom. The number of alkyl halides is 1. The first-order valence-electron chi connectivity index (χ1n) is 3.54. The van der Waals surface area contributed by atoms with E-state index in [4.69, 9.17) is 21.8 Å². The topological polar surface area (TPSA) is 105 Å². The van der Waals surface area contributed by atoms with Crippen LogP contribution in [0.4, 0.5) is 0 Å². The lowest BCUT2D eigenvalue weighted by molar-refractivity contribution is 0.0640. The molecule has 0 fully saturated rings. The predicted octanol–water partition coefficient (Wildman–Crippen LogP) is -0.0867. The second kappa shape index (κ2) is 4.05. The maximum absolute atomic E-state index is 10.7. The zero-order valence-electron chi connectivity index (χ0n) is 6.84. The Labute approximate surface area is 82.9 Å². The molecule has 0 bridgehead atoms. The number of hydrogen-bond donors (Lipinski definition) is 2. The van der Waals surface area contributed by atoms with Crippen molar-refractivity contribution in [2.45, 2.75) is 6.54 Å². The van der Waals surface area contributed by atoms with Crippen molar-refractivity contribution < 1.29 is 19.8 Å². The first kappa shape index (κ1) is 10.5. The van der Waals surface area contributed by atoms with Crippen molar-refractivity contribution in [3.05, 3.63) is 11.4 Å². The van der Waals surface area contributed by atoms with Crippen molar-refractivity contribution in [2.24, 2.45) is 0 Å². The normalized spacial score (nSPS) is 10.1. The van der Waals surface area contributed by atoms with Gasteiger partial charge in [-0.25, -0.2) is 14.3 Å². The van der Waals surface area contributed by atoms with Gasteiger partial charge in [0.05, 0.1) is 6.54 Å². The average Bonchev–Trinajstić information content (AvgIpc) is 2.48. The van der Waals surface area contributed by atoms with Crippen LogP contribution in [0.2, 0.25) is 0 Å². The fourth-order valence-electron chi connectivity index (χ4n) is 0.905. The third-order valence-corrected chi connectivity index (χ3v) is 1.61. The van der Waals surface area contributed by atoms with Crippen LogP contribution in [-0.2, 0) is 6.54 Å². The molecule has 0 aliphatic heterocycles. The van der Waals surface area contributed by atoms with Gasteiger partial charge in [0.15, 0.2) is 5.69 Å². The predicted molar refractivity (Wildman–Crippen MR) is 44.7 cm³/mol. The van der Waals surface area contributed by atoms with Crippen molar-refractivity contribution in [1.29, 1.82) is 0 Å². The molecule has 7 nitrogen and oxygen atoms in total. The summed E-state index contributed by atoms with van der Waals surface area (Å²) in [7, 11) is 0. The number of aryl methyl sites for hydroxylation is 1. The second-order valence-corrected chi connectivity index (χ2v) is 2.69. The van der Waals surface area contributed by atoms with Crippen LogP contribution in [0.1, 0.15) is 21.0 Å². The molecule has 0 spiro atoms. The van der Waals surface area contributed by atoms with E-state index in [1.54, 1.807) is 0 Å². The number of nitrogens with zero attached hydrogens (tertiary/aromatic N) is 3. The molecule has 1 aromatic heterocycles. The summed E-state index contributed by atoms with van der Waals surface area (Å²) < 4.78 is 0.943. The van der Waals surface area contributed by atoms with Gasteiger partial charge >= 0.3 is 11.9 Å². The molecule has 0 aliphatic carbocycles. The van der Waals surface area contributed by atoms with Crippen LogP contribution in [0.3, 0.4) is 0 Å². The molecule has 0 aliphatic rings. The second-order valence-electron chi connectivity index (χ2n) is 2.31. The minimum absolute atomic E-state index is 0.101. The maximum Gasteiger partial charge on any atom is 0.359 e. The molecule has 1 heterocycles. The van der Waals surface area contributed by atoms with E-state index < -0.39 is 23.3 Å². The van der Waals surface area contributed by atoms with Crippen LogP contribution >= 0.6 is 11.6 Å². The zero-order valence-corrected chi connectivity index (χ0v) is 7.60. The van der Waals surface area contributed by atoms with E-state index in [1.807, 2.05) is 0 Å². The van der Waals surface area contributed by atoms with E-state index in [2.05, 4.69) is 10.3 Å². The summed E-state index contributed by atoms with van der Waals surface area (Å²) in [6, 6.07) is 0. The molecule has 1 aromatic rings. The highest BCUT2D eigenvalue weighted by atomic mass is 35.5.